The number of fused-ring (bicyclic) bond motifs is 3. The van der Waals surface area contributed by atoms with Crippen molar-refractivity contribution in [3.8, 4) is 11.4 Å². The lowest BCUT2D eigenvalue weighted by molar-refractivity contribution is 0.303. The van der Waals surface area contributed by atoms with Crippen LogP contribution >= 0.6 is 0 Å². The van der Waals surface area contributed by atoms with E-state index in [1.54, 1.807) is 35.3 Å². The molecule has 1 aliphatic rings. The minimum Gasteiger partial charge on any atom is -0.487 e. The molecular formula is C30H25FN4O3S. The van der Waals surface area contributed by atoms with Gasteiger partial charge in [0, 0.05) is 34.5 Å². The van der Waals surface area contributed by atoms with Crippen LogP contribution in [0.2, 0.25) is 0 Å². The Labute approximate surface area is 225 Å². The van der Waals surface area contributed by atoms with Gasteiger partial charge in [-0.15, -0.1) is 0 Å². The highest BCUT2D eigenvalue weighted by atomic mass is 32.2. The van der Waals surface area contributed by atoms with Gasteiger partial charge in [0.2, 0.25) is 10.0 Å². The lowest BCUT2D eigenvalue weighted by Crippen LogP contribution is -2.09. The first kappa shape index (κ1) is 24.8. The van der Waals surface area contributed by atoms with Crippen LogP contribution in [0.3, 0.4) is 0 Å². The van der Waals surface area contributed by atoms with Crippen LogP contribution in [-0.2, 0) is 16.6 Å². The number of sulfonamides is 1. The molecule has 0 aliphatic carbocycles. The molecule has 2 aromatic heterocycles. The number of halogens is 1. The van der Waals surface area contributed by atoms with E-state index in [4.69, 9.17) is 4.74 Å². The Kier molecular flexibility index (Phi) is 6.15. The summed E-state index contributed by atoms with van der Waals surface area (Å²) >= 11 is 0. The zero-order valence-electron chi connectivity index (χ0n) is 21.3. The Morgan fingerprint density at radius 1 is 1.05 bits per heavy atom. The summed E-state index contributed by atoms with van der Waals surface area (Å²) < 4.78 is 48.0. The fourth-order valence-corrected chi connectivity index (χ4v) is 5.62. The quantitative estimate of drug-likeness (QED) is 0.287. The van der Waals surface area contributed by atoms with Gasteiger partial charge in [-0.05, 0) is 71.7 Å². The highest BCUT2D eigenvalue weighted by Crippen LogP contribution is 2.43. The standard InChI is InChI=1S/C30H25FN4O3S/c1-3-24(19-6-4-7-22(14-19)34-39(2,36)37)30-25-8-5-13-32-27(25)18-38-29-16-28-20(15-26(29)30)17-33-35(28)23-11-9-21(31)10-12-23/h4-17,34H,3,18H2,1-2H3/b30-24-. The molecule has 1 aliphatic heterocycles. The van der Waals surface area contributed by atoms with Crippen LogP contribution in [0.1, 0.15) is 35.7 Å². The highest BCUT2D eigenvalue weighted by Gasteiger charge is 2.25. The number of ether oxygens (including phenoxy) is 1. The van der Waals surface area contributed by atoms with Crippen LogP contribution in [0, 0.1) is 5.82 Å². The zero-order valence-corrected chi connectivity index (χ0v) is 22.2. The van der Waals surface area contributed by atoms with E-state index >= 15 is 0 Å². The zero-order chi connectivity index (χ0) is 27.1. The van der Waals surface area contributed by atoms with E-state index in [0.29, 0.717) is 17.9 Å². The van der Waals surface area contributed by atoms with Crippen molar-refractivity contribution < 1.29 is 17.5 Å². The summed E-state index contributed by atoms with van der Waals surface area (Å²) in [5, 5.41) is 5.47. The van der Waals surface area contributed by atoms with Crippen molar-refractivity contribution in [2.75, 3.05) is 11.0 Å². The maximum absolute atomic E-state index is 13.5. The fourth-order valence-electron chi connectivity index (χ4n) is 5.06. The molecule has 0 unspecified atom stereocenters. The van der Waals surface area contributed by atoms with Crippen molar-refractivity contribution in [3.05, 3.63) is 113 Å². The smallest absolute Gasteiger partial charge is 0.229 e. The summed E-state index contributed by atoms with van der Waals surface area (Å²) in [6.07, 6.45) is 5.35. The van der Waals surface area contributed by atoms with Crippen LogP contribution in [-0.4, -0.2) is 29.4 Å². The molecular weight excluding hydrogens is 515 g/mol. The molecule has 0 fully saturated rings. The third-order valence-corrected chi connectivity index (χ3v) is 7.31. The summed E-state index contributed by atoms with van der Waals surface area (Å²) in [6.45, 7) is 2.36. The first-order chi connectivity index (χ1) is 18.8. The predicted molar refractivity (Wildman–Crippen MR) is 151 cm³/mol. The van der Waals surface area contributed by atoms with Crippen LogP contribution in [0.25, 0.3) is 27.7 Å². The van der Waals surface area contributed by atoms with Crippen LogP contribution in [0.5, 0.6) is 5.75 Å². The molecule has 7 nitrogen and oxygen atoms in total. The van der Waals surface area contributed by atoms with Gasteiger partial charge in [-0.3, -0.25) is 9.71 Å². The van der Waals surface area contributed by atoms with Gasteiger partial charge >= 0.3 is 0 Å². The molecule has 5 aromatic rings. The Bertz CT molecular complexity index is 1860. The molecule has 39 heavy (non-hydrogen) atoms. The normalized spacial score (nSPS) is 14.2. The first-order valence-electron chi connectivity index (χ1n) is 12.5. The number of anilines is 1. The van der Waals surface area contributed by atoms with Gasteiger partial charge in [-0.25, -0.2) is 17.5 Å². The molecule has 6 rings (SSSR count). The maximum Gasteiger partial charge on any atom is 0.229 e. The second-order valence-electron chi connectivity index (χ2n) is 9.39. The number of benzene rings is 3. The average Bonchev–Trinajstić information content (AvgIpc) is 3.25. The van der Waals surface area contributed by atoms with Crippen molar-refractivity contribution in [1.82, 2.24) is 14.8 Å². The molecule has 0 saturated carbocycles. The molecule has 3 heterocycles. The lowest BCUT2D eigenvalue weighted by Gasteiger charge is -2.18. The van der Waals surface area contributed by atoms with E-state index in [9.17, 15) is 12.8 Å². The minimum absolute atomic E-state index is 0.287. The third kappa shape index (κ3) is 4.77. The van der Waals surface area contributed by atoms with Crippen LogP contribution in [0.4, 0.5) is 10.1 Å². The second kappa shape index (κ2) is 9.67. The van der Waals surface area contributed by atoms with Gasteiger partial charge in [0.1, 0.15) is 18.2 Å². The maximum atomic E-state index is 13.5. The van der Waals surface area contributed by atoms with Crippen LogP contribution in [0.15, 0.2) is 85.2 Å². The largest absolute Gasteiger partial charge is 0.487 e. The van der Waals surface area contributed by atoms with E-state index in [1.807, 2.05) is 36.4 Å². The van der Waals surface area contributed by atoms with E-state index in [-0.39, 0.29) is 12.4 Å². The highest BCUT2D eigenvalue weighted by molar-refractivity contribution is 7.92. The average molecular weight is 541 g/mol. The number of allylic oxidation sites excluding steroid dienone is 1. The topological polar surface area (TPSA) is 86.1 Å². The van der Waals surface area contributed by atoms with E-state index in [1.165, 1.54) is 12.1 Å². The van der Waals surface area contributed by atoms with Crippen molar-refractivity contribution in [1.29, 1.82) is 0 Å². The van der Waals surface area contributed by atoms with Gasteiger partial charge < -0.3 is 4.74 Å². The van der Waals surface area contributed by atoms with Gasteiger partial charge in [-0.2, -0.15) is 5.10 Å². The second-order valence-corrected chi connectivity index (χ2v) is 11.1. The van der Waals surface area contributed by atoms with E-state index < -0.39 is 10.0 Å². The molecule has 3 aromatic carbocycles. The number of nitrogens with zero attached hydrogens (tertiary/aromatic N) is 3. The van der Waals surface area contributed by atoms with Crippen molar-refractivity contribution in [2.24, 2.45) is 0 Å². The number of nitrogens with one attached hydrogen (secondary N) is 1. The monoisotopic (exact) mass is 540 g/mol. The minimum atomic E-state index is -3.43. The molecule has 0 atom stereocenters. The molecule has 0 amide bonds. The Morgan fingerprint density at radius 2 is 1.87 bits per heavy atom. The SMILES string of the molecule is CC/C(=C1/c2cc3cnn(-c4ccc(F)cc4)c3cc2OCc2ncccc21)c1cccc(NS(C)(=O)=O)c1. The Balaban J connectivity index is 1.59. The summed E-state index contributed by atoms with van der Waals surface area (Å²) in [5.41, 5.74) is 7.62. The molecule has 0 bridgehead atoms. The lowest BCUT2D eigenvalue weighted by atomic mass is 9.87. The first-order valence-corrected chi connectivity index (χ1v) is 14.4. The molecule has 9 heteroatoms. The summed E-state index contributed by atoms with van der Waals surface area (Å²) in [5.74, 6) is 0.367. The van der Waals surface area contributed by atoms with Gasteiger partial charge in [0.15, 0.2) is 0 Å². The predicted octanol–water partition coefficient (Wildman–Crippen LogP) is 6.19. The van der Waals surface area contributed by atoms with Crippen LogP contribution < -0.4 is 9.46 Å². The van der Waals surface area contributed by atoms with E-state index in [0.717, 1.165) is 56.4 Å². The third-order valence-electron chi connectivity index (χ3n) is 6.70. The number of hydrogen-bond acceptors (Lipinski definition) is 5. The fraction of sp³-hybridized carbons (Fsp3) is 0.133. The molecule has 1 N–H and O–H groups in total. The van der Waals surface area contributed by atoms with Crippen molar-refractivity contribution in [2.45, 2.75) is 20.0 Å². The summed E-state index contributed by atoms with van der Waals surface area (Å²) in [4.78, 5) is 4.62. The number of aromatic nitrogens is 3. The summed E-state index contributed by atoms with van der Waals surface area (Å²) in [7, 11) is -3.43. The molecule has 0 radical (unpaired) electrons. The molecule has 0 saturated heterocycles. The number of hydrogen-bond donors (Lipinski definition) is 1. The molecule has 0 spiro atoms. The van der Waals surface area contributed by atoms with Crippen molar-refractivity contribution >= 4 is 37.8 Å². The Hall–Kier alpha value is -4.50. The Morgan fingerprint density at radius 3 is 2.64 bits per heavy atom. The van der Waals surface area contributed by atoms with Gasteiger partial charge in [0.25, 0.3) is 0 Å². The van der Waals surface area contributed by atoms with Gasteiger partial charge in [0.05, 0.1) is 29.4 Å². The number of pyridine rings is 1. The summed E-state index contributed by atoms with van der Waals surface area (Å²) in [6, 6.07) is 21.6. The van der Waals surface area contributed by atoms with E-state index in [2.05, 4.69) is 27.8 Å². The van der Waals surface area contributed by atoms with Crippen molar-refractivity contribution in [3.63, 3.8) is 0 Å². The molecule has 196 valence electrons. The number of rotatable bonds is 5. The van der Waals surface area contributed by atoms with Gasteiger partial charge in [-0.1, -0.05) is 25.1 Å².